The third kappa shape index (κ3) is 3.11. The van der Waals surface area contributed by atoms with Gasteiger partial charge in [-0.2, -0.15) is 11.8 Å². The lowest BCUT2D eigenvalue weighted by Crippen LogP contribution is -1.99. The largest absolute Gasteiger partial charge is 0.481 e. The lowest BCUT2D eigenvalue weighted by atomic mass is 10.1. The van der Waals surface area contributed by atoms with Crippen LogP contribution in [0.5, 0.6) is 0 Å². The molecule has 0 aliphatic heterocycles. The summed E-state index contributed by atoms with van der Waals surface area (Å²) < 4.78 is 0. The van der Waals surface area contributed by atoms with E-state index in [4.69, 9.17) is 5.11 Å². The monoisotopic (exact) mass is 279 g/mol. The molecule has 0 saturated carbocycles. The summed E-state index contributed by atoms with van der Waals surface area (Å²) >= 11 is 3.19. The van der Waals surface area contributed by atoms with E-state index in [-0.39, 0.29) is 6.42 Å². The molecule has 0 amide bonds. The van der Waals surface area contributed by atoms with Crippen molar-refractivity contribution in [3.63, 3.8) is 0 Å². The fourth-order valence-electron chi connectivity index (χ4n) is 1.66. The summed E-state index contributed by atoms with van der Waals surface area (Å²) in [6.07, 6.45) is 2.05. The van der Waals surface area contributed by atoms with Crippen LogP contribution >= 0.6 is 23.1 Å². The number of carboxylic acids is 1. The lowest BCUT2D eigenvalue weighted by molar-refractivity contribution is -0.136. The van der Waals surface area contributed by atoms with E-state index in [2.05, 4.69) is 4.98 Å². The van der Waals surface area contributed by atoms with Crippen LogP contribution in [-0.4, -0.2) is 22.3 Å². The highest BCUT2D eigenvalue weighted by Crippen LogP contribution is 2.30. The molecule has 1 heterocycles. The van der Waals surface area contributed by atoms with E-state index in [0.29, 0.717) is 0 Å². The molecular formula is C13H13NO2S2. The Morgan fingerprint density at radius 2 is 2.11 bits per heavy atom. The maximum Gasteiger partial charge on any atom is 0.308 e. The van der Waals surface area contributed by atoms with Crippen LogP contribution in [-0.2, 0) is 17.0 Å². The van der Waals surface area contributed by atoms with Gasteiger partial charge in [-0.15, -0.1) is 11.3 Å². The van der Waals surface area contributed by atoms with Crippen molar-refractivity contribution in [3.05, 3.63) is 40.2 Å². The van der Waals surface area contributed by atoms with Crippen LogP contribution in [0, 0.1) is 0 Å². The maximum atomic E-state index is 10.9. The van der Waals surface area contributed by atoms with Crippen LogP contribution in [0.2, 0.25) is 0 Å². The quantitative estimate of drug-likeness (QED) is 0.912. The van der Waals surface area contributed by atoms with Crippen molar-refractivity contribution in [2.24, 2.45) is 0 Å². The molecule has 1 N–H and O–H groups in total. The predicted molar refractivity (Wildman–Crippen MR) is 76.1 cm³/mol. The Bertz CT molecular complexity index is 537. The van der Waals surface area contributed by atoms with Gasteiger partial charge in [0.1, 0.15) is 5.01 Å². The summed E-state index contributed by atoms with van der Waals surface area (Å²) in [6.45, 7) is 0. The average Bonchev–Trinajstić information content (AvgIpc) is 2.73. The van der Waals surface area contributed by atoms with Crippen molar-refractivity contribution in [3.8, 4) is 11.3 Å². The van der Waals surface area contributed by atoms with Crippen LogP contribution in [0.3, 0.4) is 0 Å². The summed E-state index contributed by atoms with van der Waals surface area (Å²) in [7, 11) is 0. The minimum absolute atomic E-state index is 0.0380. The number of aliphatic carboxylic acids is 1. The summed E-state index contributed by atoms with van der Waals surface area (Å²) in [5.41, 5.74) is 1.80. The Balaban J connectivity index is 2.40. The van der Waals surface area contributed by atoms with Crippen LogP contribution in [0.4, 0.5) is 0 Å². The number of thiazole rings is 1. The first-order valence-electron chi connectivity index (χ1n) is 5.45. The molecule has 0 aliphatic carbocycles. The van der Waals surface area contributed by atoms with E-state index in [1.54, 1.807) is 11.8 Å². The molecule has 2 aromatic rings. The minimum atomic E-state index is -0.813. The average molecular weight is 279 g/mol. The molecule has 0 radical (unpaired) electrons. The van der Waals surface area contributed by atoms with Gasteiger partial charge in [-0.1, -0.05) is 30.3 Å². The maximum absolute atomic E-state index is 10.9. The van der Waals surface area contributed by atoms with E-state index < -0.39 is 5.97 Å². The standard InChI is InChI=1S/C13H13NO2S2/c1-17-8-11-14-13(9-5-3-2-4-6-9)10(18-11)7-12(15)16/h2-6H,7-8H2,1H3,(H,15,16). The SMILES string of the molecule is CSCc1nc(-c2ccccc2)c(CC(=O)O)s1. The number of thioether (sulfide) groups is 1. The molecule has 1 aromatic heterocycles. The minimum Gasteiger partial charge on any atom is -0.481 e. The van der Waals surface area contributed by atoms with Crippen LogP contribution < -0.4 is 0 Å². The van der Waals surface area contributed by atoms with E-state index in [0.717, 1.165) is 26.9 Å². The third-order valence-electron chi connectivity index (χ3n) is 2.37. The van der Waals surface area contributed by atoms with Crippen LogP contribution in [0.25, 0.3) is 11.3 Å². The molecule has 1 aromatic carbocycles. The Morgan fingerprint density at radius 1 is 1.39 bits per heavy atom. The van der Waals surface area contributed by atoms with Gasteiger partial charge in [0.05, 0.1) is 12.1 Å². The molecular weight excluding hydrogens is 266 g/mol. The summed E-state index contributed by atoms with van der Waals surface area (Å²) in [5.74, 6) is 0.0101. The van der Waals surface area contributed by atoms with E-state index >= 15 is 0 Å². The van der Waals surface area contributed by atoms with Crippen molar-refractivity contribution >= 4 is 29.1 Å². The van der Waals surface area contributed by atoms with Gasteiger partial charge in [-0.05, 0) is 6.26 Å². The first-order valence-corrected chi connectivity index (χ1v) is 7.66. The second-order valence-electron chi connectivity index (χ2n) is 3.75. The highest BCUT2D eigenvalue weighted by Gasteiger charge is 2.15. The predicted octanol–water partition coefficient (Wildman–Crippen LogP) is 3.30. The fraction of sp³-hybridized carbons (Fsp3) is 0.231. The number of carboxylic acid groups (broad SMARTS) is 1. The van der Waals surface area contributed by atoms with Crippen molar-refractivity contribution in [2.45, 2.75) is 12.2 Å². The van der Waals surface area contributed by atoms with Gasteiger partial charge < -0.3 is 5.11 Å². The molecule has 3 nitrogen and oxygen atoms in total. The van der Waals surface area contributed by atoms with Crippen molar-refractivity contribution in [1.29, 1.82) is 0 Å². The number of nitrogens with zero attached hydrogens (tertiary/aromatic N) is 1. The zero-order valence-electron chi connectivity index (χ0n) is 9.92. The van der Waals surface area contributed by atoms with E-state index in [1.165, 1.54) is 11.3 Å². The molecule has 0 unspecified atom stereocenters. The normalized spacial score (nSPS) is 10.5. The summed E-state index contributed by atoms with van der Waals surface area (Å²) in [5, 5.41) is 9.93. The number of hydrogen-bond donors (Lipinski definition) is 1. The van der Waals surface area contributed by atoms with Gasteiger partial charge in [0.2, 0.25) is 0 Å². The van der Waals surface area contributed by atoms with Crippen molar-refractivity contribution in [2.75, 3.05) is 6.26 Å². The van der Waals surface area contributed by atoms with Gasteiger partial charge >= 0.3 is 5.97 Å². The Kier molecular flexibility index (Phi) is 4.38. The second-order valence-corrected chi connectivity index (χ2v) is 5.78. The highest BCUT2D eigenvalue weighted by molar-refractivity contribution is 7.97. The van der Waals surface area contributed by atoms with Gasteiger partial charge in [0.25, 0.3) is 0 Å². The molecule has 18 heavy (non-hydrogen) atoms. The van der Waals surface area contributed by atoms with Gasteiger partial charge in [0.15, 0.2) is 0 Å². The molecule has 94 valence electrons. The molecule has 0 atom stereocenters. The highest BCUT2D eigenvalue weighted by atomic mass is 32.2. The topological polar surface area (TPSA) is 50.2 Å². The fourth-order valence-corrected chi connectivity index (χ4v) is 3.44. The number of rotatable bonds is 5. The zero-order chi connectivity index (χ0) is 13.0. The third-order valence-corrected chi connectivity index (χ3v) is 4.17. The van der Waals surface area contributed by atoms with Gasteiger partial charge in [0, 0.05) is 16.2 Å². The number of hydrogen-bond acceptors (Lipinski definition) is 4. The van der Waals surface area contributed by atoms with Gasteiger partial charge in [-0.3, -0.25) is 4.79 Å². The molecule has 0 bridgehead atoms. The molecule has 2 rings (SSSR count). The van der Waals surface area contributed by atoms with E-state index in [9.17, 15) is 4.79 Å². The summed E-state index contributed by atoms with van der Waals surface area (Å²) in [6, 6.07) is 9.74. The molecule has 0 aliphatic rings. The number of carbonyl (C=O) groups is 1. The summed E-state index contributed by atoms with van der Waals surface area (Å²) in [4.78, 5) is 16.3. The lowest BCUT2D eigenvalue weighted by Gasteiger charge is -1.99. The van der Waals surface area contributed by atoms with Crippen LogP contribution in [0.1, 0.15) is 9.88 Å². The number of aromatic nitrogens is 1. The first-order chi connectivity index (χ1) is 8.70. The first kappa shape index (κ1) is 13.1. The smallest absolute Gasteiger partial charge is 0.308 e. The Hall–Kier alpha value is -1.33. The number of benzene rings is 1. The van der Waals surface area contributed by atoms with Crippen molar-refractivity contribution < 1.29 is 9.90 Å². The Labute approximate surface area is 114 Å². The zero-order valence-corrected chi connectivity index (χ0v) is 11.6. The van der Waals surface area contributed by atoms with Crippen LogP contribution in [0.15, 0.2) is 30.3 Å². The molecule has 0 spiro atoms. The molecule has 0 fully saturated rings. The van der Waals surface area contributed by atoms with E-state index in [1.807, 2.05) is 36.6 Å². The van der Waals surface area contributed by atoms with Gasteiger partial charge in [-0.25, -0.2) is 4.98 Å². The van der Waals surface area contributed by atoms with Crippen molar-refractivity contribution in [1.82, 2.24) is 4.98 Å². The Morgan fingerprint density at radius 3 is 2.72 bits per heavy atom. The second kappa shape index (κ2) is 6.02. The molecule has 0 saturated heterocycles. The molecule has 5 heteroatoms.